The molecule has 0 aliphatic carbocycles. The van der Waals surface area contributed by atoms with Gasteiger partial charge in [0.15, 0.2) is 5.71 Å². The molecule has 4 aromatic rings. The van der Waals surface area contributed by atoms with Crippen LogP contribution in [0.15, 0.2) is 54.6 Å². The Bertz CT molecular complexity index is 1690. The topological polar surface area (TPSA) is 129 Å². The molecule has 3 aromatic carbocycles. The number of nitrogens with zero attached hydrogens (tertiary/aromatic N) is 1. The van der Waals surface area contributed by atoms with Gasteiger partial charge in [-0.3, -0.25) is 15.6 Å². The third-order valence-corrected chi connectivity index (χ3v) is 7.19. The summed E-state index contributed by atoms with van der Waals surface area (Å²) in [6.45, 7) is 3.02. The van der Waals surface area contributed by atoms with Crippen molar-refractivity contribution in [3.05, 3.63) is 93.1 Å². The first-order valence-electron chi connectivity index (χ1n) is 12.5. The lowest BCUT2D eigenvalue weighted by atomic mass is 9.93. The molecule has 0 fully saturated rings. The van der Waals surface area contributed by atoms with Gasteiger partial charge in [0.05, 0.1) is 37.2 Å². The zero-order chi connectivity index (χ0) is 28.6. The fourth-order valence-electron chi connectivity index (χ4n) is 4.95. The van der Waals surface area contributed by atoms with Gasteiger partial charge in [-0.2, -0.15) is 0 Å². The highest BCUT2D eigenvalue weighted by Gasteiger charge is 2.31. The van der Waals surface area contributed by atoms with Crippen LogP contribution in [0.1, 0.15) is 38.3 Å². The number of benzene rings is 3. The molecule has 10 heteroatoms. The zero-order valence-electron chi connectivity index (χ0n) is 22.2. The number of aromatic amines is 1. The van der Waals surface area contributed by atoms with Crippen LogP contribution in [0.4, 0.5) is 5.69 Å². The van der Waals surface area contributed by atoms with E-state index in [9.17, 15) is 15.0 Å². The van der Waals surface area contributed by atoms with E-state index in [4.69, 9.17) is 31.2 Å². The van der Waals surface area contributed by atoms with Crippen LogP contribution in [0.5, 0.6) is 5.75 Å². The number of carbonyl (C=O) groups is 2. The predicted octanol–water partition coefficient (Wildman–Crippen LogP) is 5.27. The standard InChI is InChI=1S/C30H27ClN4O5/c1-16-20(5-4-6-24(16)35-15-17-7-8-18(31)13-22(17)29(35)36)26(32)25-21-10-9-19(40-12-11-38-2)14-23(21)34-28(25)27(33)30(37)39-3/h4-10,13-14,32-34H,11-12,15H2,1-3H3. The van der Waals surface area contributed by atoms with E-state index in [-0.39, 0.29) is 17.3 Å². The second kappa shape index (κ2) is 11.0. The monoisotopic (exact) mass is 558 g/mol. The molecule has 40 heavy (non-hydrogen) atoms. The van der Waals surface area contributed by atoms with Crippen LogP contribution in [0, 0.1) is 17.7 Å². The second-order valence-corrected chi connectivity index (χ2v) is 9.74. The van der Waals surface area contributed by atoms with Crippen molar-refractivity contribution in [3.8, 4) is 5.75 Å². The van der Waals surface area contributed by atoms with Gasteiger partial charge in [0.1, 0.15) is 12.4 Å². The Morgan fingerprint density at radius 2 is 1.88 bits per heavy atom. The maximum absolute atomic E-state index is 13.3. The lowest BCUT2D eigenvalue weighted by molar-refractivity contribution is -0.132. The van der Waals surface area contributed by atoms with Crippen molar-refractivity contribution in [2.45, 2.75) is 13.5 Å². The quantitative estimate of drug-likeness (QED) is 0.146. The Kier molecular flexibility index (Phi) is 7.42. The molecule has 0 bridgehead atoms. The van der Waals surface area contributed by atoms with Crippen molar-refractivity contribution in [1.29, 1.82) is 10.8 Å². The third kappa shape index (κ3) is 4.74. The van der Waals surface area contributed by atoms with E-state index in [2.05, 4.69) is 4.98 Å². The number of anilines is 1. The minimum absolute atomic E-state index is 0.0921. The summed E-state index contributed by atoms with van der Waals surface area (Å²) in [7, 11) is 2.79. The first-order valence-corrected chi connectivity index (χ1v) is 12.9. The van der Waals surface area contributed by atoms with E-state index >= 15 is 0 Å². The van der Waals surface area contributed by atoms with Crippen LogP contribution in [-0.4, -0.2) is 55.7 Å². The maximum atomic E-state index is 13.3. The Balaban J connectivity index is 1.58. The molecule has 1 amide bonds. The molecule has 9 nitrogen and oxygen atoms in total. The molecule has 0 spiro atoms. The van der Waals surface area contributed by atoms with Gasteiger partial charge < -0.3 is 24.1 Å². The van der Waals surface area contributed by atoms with E-state index in [1.54, 1.807) is 54.5 Å². The molecular weight excluding hydrogens is 532 g/mol. The molecule has 3 N–H and O–H groups in total. The summed E-state index contributed by atoms with van der Waals surface area (Å²) in [6, 6.07) is 16.0. The Labute approximate surface area is 235 Å². The van der Waals surface area contributed by atoms with Crippen molar-refractivity contribution in [1.82, 2.24) is 4.98 Å². The van der Waals surface area contributed by atoms with Gasteiger partial charge in [-0.1, -0.05) is 29.8 Å². The molecule has 0 unspecified atom stereocenters. The van der Waals surface area contributed by atoms with Crippen LogP contribution < -0.4 is 9.64 Å². The molecule has 204 valence electrons. The molecule has 1 aliphatic heterocycles. The number of esters is 1. The van der Waals surface area contributed by atoms with Gasteiger partial charge in [-0.25, -0.2) is 4.79 Å². The summed E-state index contributed by atoms with van der Waals surface area (Å²) in [5, 5.41) is 18.9. The van der Waals surface area contributed by atoms with E-state index in [1.165, 1.54) is 7.11 Å². The van der Waals surface area contributed by atoms with Gasteiger partial charge in [-0.05, 0) is 48.4 Å². The molecule has 5 rings (SSSR count). The number of nitrogens with one attached hydrogen (secondary N) is 3. The lowest BCUT2D eigenvalue weighted by Gasteiger charge is -2.21. The average molecular weight is 559 g/mol. The fourth-order valence-corrected chi connectivity index (χ4v) is 5.12. The summed E-state index contributed by atoms with van der Waals surface area (Å²) in [5.74, 6) is -0.419. The normalized spacial score (nSPS) is 12.5. The minimum atomic E-state index is -0.832. The summed E-state index contributed by atoms with van der Waals surface area (Å²) in [6.07, 6.45) is 0. The first kappa shape index (κ1) is 27.1. The summed E-state index contributed by atoms with van der Waals surface area (Å²) < 4.78 is 15.6. The van der Waals surface area contributed by atoms with Crippen LogP contribution in [0.25, 0.3) is 10.9 Å². The largest absolute Gasteiger partial charge is 0.491 e. The van der Waals surface area contributed by atoms with E-state index in [0.717, 1.165) is 5.56 Å². The average Bonchev–Trinajstić information content (AvgIpc) is 3.49. The highest BCUT2D eigenvalue weighted by molar-refractivity contribution is 6.44. The number of methoxy groups -OCH3 is 2. The molecule has 0 radical (unpaired) electrons. The van der Waals surface area contributed by atoms with Crippen molar-refractivity contribution in [2.24, 2.45) is 0 Å². The van der Waals surface area contributed by atoms with Gasteiger partial charge in [0, 0.05) is 46.0 Å². The van der Waals surface area contributed by atoms with Crippen molar-refractivity contribution in [2.75, 3.05) is 32.3 Å². The van der Waals surface area contributed by atoms with Crippen LogP contribution in [0.2, 0.25) is 5.02 Å². The number of hydrogen-bond donors (Lipinski definition) is 3. The van der Waals surface area contributed by atoms with Crippen LogP contribution in [-0.2, 0) is 20.8 Å². The molecule has 0 saturated carbocycles. The second-order valence-electron chi connectivity index (χ2n) is 9.31. The number of rotatable bonds is 9. The van der Waals surface area contributed by atoms with E-state index < -0.39 is 11.7 Å². The number of halogens is 1. The minimum Gasteiger partial charge on any atom is -0.491 e. The Morgan fingerprint density at radius 3 is 2.62 bits per heavy atom. The molecule has 1 aliphatic rings. The highest BCUT2D eigenvalue weighted by atomic mass is 35.5. The van der Waals surface area contributed by atoms with Crippen LogP contribution in [0.3, 0.4) is 0 Å². The molecule has 0 saturated heterocycles. The predicted molar refractivity (Wildman–Crippen MR) is 154 cm³/mol. The first-order chi connectivity index (χ1) is 19.2. The van der Waals surface area contributed by atoms with E-state index in [1.807, 2.05) is 19.1 Å². The van der Waals surface area contributed by atoms with Gasteiger partial charge >= 0.3 is 5.97 Å². The van der Waals surface area contributed by atoms with Gasteiger partial charge in [-0.15, -0.1) is 0 Å². The molecule has 1 aromatic heterocycles. The fraction of sp³-hybridized carbons (Fsp3) is 0.200. The highest BCUT2D eigenvalue weighted by Crippen LogP contribution is 2.35. The number of hydrogen-bond acceptors (Lipinski definition) is 7. The zero-order valence-corrected chi connectivity index (χ0v) is 22.9. The number of ether oxygens (including phenoxy) is 3. The maximum Gasteiger partial charge on any atom is 0.358 e. The molecule has 0 atom stereocenters. The summed E-state index contributed by atoms with van der Waals surface area (Å²) in [4.78, 5) is 30.4. The third-order valence-electron chi connectivity index (χ3n) is 6.96. The van der Waals surface area contributed by atoms with Crippen LogP contribution >= 0.6 is 11.6 Å². The smallest absolute Gasteiger partial charge is 0.358 e. The lowest BCUT2D eigenvalue weighted by Crippen LogP contribution is -2.25. The van der Waals surface area contributed by atoms with Gasteiger partial charge in [0.25, 0.3) is 5.91 Å². The number of carbonyl (C=O) groups excluding carboxylic acids is 2. The van der Waals surface area contributed by atoms with E-state index in [0.29, 0.717) is 69.4 Å². The number of aromatic nitrogens is 1. The number of H-pyrrole nitrogens is 1. The Hall–Kier alpha value is -4.47. The number of amides is 1. The summed E-state index contributed by atoms with van der Waals surface area (Å²) >= 11 is 6.13. The Morgan fingerprint density at radius 1 is 1.07 bits per heavy atom. The summed E-state index contributed by atoms with van der Waals surface area (Å²) in [5.41, 5.74) is 4.17. The molecule has 2 heterocycles. The molecular formula is C30H27ClN4O5. The van der Waals surface area contributed by atoms with Crippen molar-refractivity contribution >= 4 is 51.5 Å². The SMILES string of the molecule is COCCOc1ccc2c(C(=N)c3cccc(N4Cc5ccc(Cl)cc5C4=O)c3C)c(C(=N)C(=O)OC)[nH]c2c1. The number of fused-ring (bicyclic) bond motifs is 2. The van der Waals surface area contributed by atoms with Gasteiger partial charge in [0.2, 0.25) is 0 Å². The van der Waals surface area contributed by atoms with Crippen molar-refractivity contribution in [3.63, 3.8) is 0 Å². The van der Waals surface area contributed by atoms with Crippen molar-refractivity contribution < 1.29 is 23.8 Å².